The third-order valence-electron chi connectivity index (χ3n) is 4.08. The van der Waals surface area contributed by atoms with Crippen LogP contribution >= 0.6 is 0 Å². The van der Waals surface area contributed by atoms with E-state index in [1.807, 2.05) is 31.2 Å². The minimum absolute atomic E-state index is 0.155. The summed E-state index contributed by atoms with van der Waals surface area (Å²) in [6.45, 7) is 3.01. The van der Waals surface area contributed by atoms with Gasteiger partial charge in [-0.15, -0.1) is 0 Å². The van der Waals surface area contributed by atoms with Gasteiger partial charge < -0.3 is 4.74 Å². The summed E-state index contributed by atoms with van der Waals surface area (Å²) < 4.78 is 5.55. The van der Waals surface area contributed by atoms with Crippen LogP contribution in [0.3, 0.4) is 0 Å². The Morgan fingerprint density at radius 2 is 1.95 bits per heavy atom. The van der Waals surface area contributed by atoms with E-state index in [9.17, 15) is 4.79 Å². The molecular weight excluding hydrogens is 250 g/mol. The highest BCUT2D eigenvalue weighted by Gasteiger charge is 2.21. The lowest BCUT2D eigenvalue weighted by Crippen LogP contribution is -2.37. The van der Waals surface area contributed by atoms with Crippen LogP contribution in [0.1, 0.15) is 49.4 Å². The number of rotatable bonds is 6. The van der Waals surface area contributed by atoms with Gasteiger partial charge in [0.15, 0.2) is 5.78 Å². The summed E-state index contributed by atoms with van der Waals surface area (Å²) in [4.78, 5) is 14.7. The summed E-state index contributed by atoms with van der Waals surface area (Å²) in [5.41, 5.74) is 0.706. The Morgan fingerprint density at radius 3 is 2.65 bits per heavy atom. The normalized spacial score (nSPS) is 16.4. The van der Waals surface area contributed by atoms with Crippen molar-refractivity contribution < 1.29 is 9.53 Å². The molecule has 0 aromatic heterocycles. The van der Waals surface area contributed by atoms with Crippen molar-refractivity contribution in [3.05, 3.63) is 29.8 Å². The molecule has 0 aliphatic heterocycles. The van der Waals surface area contributed by atoms with Gasteiger partial charge in [-0.1, -0.05) is 31.4 Å². The van der Waals surface area contributed by atoms with Crippen molar-refractivity contribution in [3.8, 4) is 5.75 Å². The van der Waals surface area contributed by atoms with Crippen molar-refractivity contribution in [2.45, 2.75) is 45.1 Å². The van der Waals surface area contributed by atoms with Crippen molar-refractivity contribution >= 4 is 5.78 Å². The fourth-order valence-electron chi connectivity index (χ4n) is 2.94. The lowest BCUT2D eigenvalue weighted by Gasteiger charge is -2.30. The maximum atomic E-state index is 12.5. The quantitative estimate of drug-likeness (QED) is 0.744. The molecule has 1 saturated carbocycles. The van der Waals surface area contributed by atoms with Gasteiger partial charge in [0.1, 0.15) is 5.75 Å². The molecule has 110 valence electrons. The number of Topliss-reactive ketones (excluding diaryl/α,β-unsaturated/α-hetero) is 1. The SMILES string of the molecule is CCOc1ccccc1C(=O)CN(C)C1CCCCC1. The zero-order valence-electron chi connectivity index (χ0n) is 12.6. The van der Waals surface area contributed by atoms with Crippen LogP contribution in [0.5, 0.6) is 5.75 Å². The second-order valence-corrected chi connectivity index (χ2v) is 5.56. The number of ketones is 1. The van der Waals surface area contributed by atoms with Gasteiger partial charge >= 0.3 is 0 Å². The lowest BCUT2D eigenvalue weighted by atomic mass is 9.94. The number of carbonyl (C=O) groups is 1. The molecule has 0 radical (unpaired) electrons. The first-order chi connectivity index (χ1) is 9.72. The molecule has 1 aliphatic carbocycles. The van der Waals surface area contributed by atoms with Gasteiger partial charge in [-0.2, -0.15) is 0 Å². The molecule has 1 aromatic rings. The van der Waals surface area contributed by atoms with Crippen molar-refractivity contribution in [3.63, 3.8) is 0 Å². The molecule has 0 amide bonds. The van der Waals surface area contributed by atoms with Crippen LogP contribution in [0.2, 0.25) is 0 Å². The highest BCUT2D eigenvalue weighted by atomic mass is 16.5. The zero-order valence-corrected chi connectivity index (χ0v) is 12.6. The lowest BCUT2D eigenvalue weighted by molar-refractivity contribution is 0.0896. The summed E-state index contributed by atoms with van der Waals surface area (Å²) in [6.07, 6.45) is 6.36. The molecule has 0 bridgehead atoms. The van der Waals surface area contributed by atoms with E-state index in [0.717, 1.165) is 0 Å². The Balaban J connectivity index is 2.00. The fourth-order valence-corrected chi connectivity index (χ4v) is 2.94. The maximum absolute atomic E-state index is 12.5. The van der Waals surface area contributed by atoms with Crippen LogP contribution in [0.25, 0.3) is 0 Å². The molecule has 2 rings (SSSR count). The maximum Gasteiger partial charge on any atom is 0.180 e. The molecule has 0 unspecified atom stereocenters. The first-order valence-corrected chi connectivity index (χ1v) is 7.67. The first-order valence-electron chi connectivity index (χ1n) is 7.67. The number of nitrogens with zero attached hydrogens (tertiary/aromatic N) is 1. The van der Waals surface area contributed by atoms with Crippen LogP contribution in [-0.2, 0) is 0 Å². The minimum atomic E-state index is 0.155. The van der Waals surface area contributed by atoms with Crippen LogP contribution in [-0.4, -0.2) is 36.9 Å². The van der Waals surface area contributed by atoms with Crippen molar-refractivity contribution in [2.75, 3.05) is 20.2 Å². The van der Waals surface area contributed by atoms with Gasteiger partial charge in [-0.25, -0.2) is 0 Å². The number of para-hydroxylation sites is 1. The third kappa shape index (κ3) is 3.83. The van der Waals surface area contributed by atoms with Crippen LogP contribution < -0.4 is 4.74 Å². The van der Waals surface area contributed by atoms with E-state index >= 15 is 0 Å². The van der Waals surface area contributed by atoms with E-state index < -0.39 is 0 Å². The largest absolute Gasteiger partial charge is 0.493 e. The summed E-state index contributed by atoms with van der Waals surface area (Å²) in [7, 11) is 2.07. The number of likely N-dealkylation sites (N-methyl/N-ethyl adjacent to an activating group) is 1. The third-order valence-corrected chi connectivity index (χ3v) is 4.08. The Bertz CT molecular complexity index is 438. The van der Waals surface area contributed by atoms with Gasteiger partial charge in [-0.3, -0.25) is 9.69 Å². The predicted molar refractivity (Wildman–Crippen MR) is 81.4 cm³/mol. The molecule has 3 nitrogen and oxygen atoms in total. The minimum Gasteiger partial charge on any atom is -0.493 e. The molecule has 1 fully saturated rings. The second kappa shape index (κ2) is 7.44. The first kappa shape index (κ1) is 15.0. The summed E-state index contributed by atoms with van der Waals surface area (Å²) in [5, 5.41) is 0. The Hall–Kier alpha value is -1.35. The van der Waals surface area contributed by atoms with E-state index in [-0.39, 0.29) is 5.78 Å². The summed E-state index contributed by atoms with van der Waals surface area (Å²) in [6, 6.07) is 8.11. The number of carbonyl (C=O) groups excluding carboxylic acids is 1. The van der Waals surface area contributed by atoms with E-state index in [2.05, 4.69) is 11.9 Å². The average molecular weight is 275 g/mol. The van der Waals surface area contributed by atoms with Crippen molar-refractivity contribution in [1.29, 1.82) is 0 Å². The van der Waals surface area contributed by atoms with Crippen LogP contribution in [0, 0.1) is 0 Å². The molecule has 3 heteroatoms. The van der Waals surface area contributed by atoms with Crippen molar-refractivity contribution in [1.82, 2.24) is 4.90 Å². The molecule has 0 saturated heterocycles. The van der Waals surface area contributed by atoms with Gasteiger partial charge in [0, 0.05) is 6.04 Å². The second-order valence-electron chi connectivity index (χ2n) is 5.56. The predicted octanol–water partition coefficient (Wildman–Crippen LogP) is 3.53. The molecule has 0 heterocycles. The Labute approximate surface area is 121 Å². The fraction of sp³-hybridized carbons (Fsp3) is 0.588. The van der Waals surface area contributed by atoms with Gasteiger partial charge in [0.05, 0.1) is 18.7 Å². The van der Waals surface area contributed by atoms with Gasteiger partial charge in [0.2, 0.25) is 0 Å². The monoisotopic (exact) mass is 275 g/mol. The number of benzene rings is 1. The Kier molecular flexibility index (Phi) is 5.60. The van der Waals surface area contributed by atoms with E-state index in [0.29, 0.717) is 30.5 Å². The summed E-state index contributed by atoms with van der Waals surface area (Å²) in [5.74, 6) is 0.860. The van der Waals surface area contributed by atoms with Gasteiger partial charge in [-0.05, 0) is 38.9 Å². The molecule has 0 N–H and O–H groups in total. The molecule has 20 heavy (non-hydrogen) atoms. The zero-order chi connectivity index (χ0) is 14.4. The molecule has 1 aliphatic rings. The van der Waals surface area contributed by atoms with Crippen molar-refractivity contribution in [2.24, 2.45) is 0 Å². The average Bonchev–Trinajstić information content (AvgIpc) is 2.49. The highest BCUT2D eigenvalue weighted by molar-refractivity contribution is 6.00. The number of ether oxygens (including phenoxy) is 1. The topological polar surface area (TPSA) is 29.5 Å². The molecule has 0 spiro atoms. The summed E-state index contributed by atoms with van der Waals surface area (Å²) >= 11 is 0. The van der Waals surface area contributed by atoms with Crippen LogP contribution in [0.15, 0.2) is 24.3 Å². The van der Waals surface area contributed by atoms with Gasteiger partial charge in [0.25, 0.3) is 0 Å². The standard InChI is InChI=1S/C17H25NO2/c1-3-20-17-12-8-7-11-15(17)16(19)13-18(2)14-9-5-4-6-10-14/h7-8,11-12,14H,3-6,9-10,13H2,1-2H3. The van der Waals surface area contributed by atoms with Crippen LogP contribution in [0.4, 0.5) is 0 Å². The van der Waals surface area contributed by atoms with E-state index in [1.54, 1.807) is 0 Å². The molecular formula is C17H25NO2. The Morgan fingerprint density at radius 1 is 1.25 bits per heavy atom. The number of hydrogen-bond donors (Lipinski definition) is 0. The smallest absolute Gasteiger partial charge is 0.180 e. The highest BCUT2D eigenvalue weighted by Crippen LogP contribution is 2.23. The number of hydrogen-bond acceptors (Lipinski definition) is 3. The molecule has 0 atom stereocenters. The van der Waals surface area contributed by atoms with E-state index in [1.165, 1.54) is 32.1 Å². The van der Waals surface area contributed by atoms with E-state index in [4.69, 9.17) is 4.74 Å². The molecule has 1 aromatic carbocycles.